The summed E-state index contributed by atoms with van der Waals surface area (Å²) in [4.78, 5) is 31.4. The Morgan fingerprint density at radius 1 is 0.871 bits per heavy atom. The molecule has 5 aliphatic rings. The normalized spacial score (nSPS) is 30.4. The molecule has 1 spiro atoms. The van der Waals surface area contributed by atoms with Crippen LogP contribution in [0, 0.1) is 11.8 Å². The van der Waals surface area contributed by atoms with Gasteiger partial charge in [-0.2, -0.15) is 0 Å². The molecule has 0 aromatic carbocycles. The van der Waals surface area contributed by atoms with E-state index in [0.29, 0.717) is 23.6 Å². The van der Waals surface area contributed by atoms with Crippen molar-refractivity contribution in [3.63, 3.8) is 0 Å². The van der Waals surface area contributed by atoms with Crippen LogP contribution in [-0.2, 0) is 14.3 Å². The van der Waals surface area contributed by atoms with Gasteiger partial charge in [0.25, 0.3) is 0 Å². The first kappa shape index (κ1) is 21.7. The number of piperidine rings is 2. The highest BCUT2D eigenvalue weighted by atomic mass is 16.5. The fraction of sp³-hybridized carbons (Fsp3) is 0.920. The van der Waals surface area contributed by atoms with Gasteiger partial charge in [0.1, 0.15) is 0 Å². The number of hydrogen-bond acceptors (Lipinski definition) is 4. The molecular formula is C25H41N3O3. The fourth-order valence-electron chi connectivity index (χ4n) is 6.73. The van der Waals surface area contributed by atoms with Crippen molar-refractivity contribution in [1.82, 2.24) is 14.7 Å². The Labute approximate surface area is 187 Å². The first-order valence-electron chi connectivity index (χ1n) is 13.0. The molecule has 31 heavy (non-hydrogen) atoms. The molecule has 0 aromatic rings. The van der Waals surface area contributed by atoms with Crippen LogP contribution in [0.1, 0.15) is 77.6 Å². The molecule has 0 radical (unpaired) electrons. The maximum absolute atomic E-state index is 13.1. The van der Waals surface area contributed by atoms with E-state index in [4.69, 9.17) is 4.74 Å². The monoisotopic (exact) mass is 431 g/mol. The summed E-state index contributed by atoms with van der Waals surface area (Å²) in [5.41, 5.74) is 0.295. The summed E-state index contributed by atoms with van der Waals surface area (Å²) in [6, 6.07) is 0.613. The summed E-state index contributed by atoms with van der Waals surface area (Å²) in [6.45, 7) is 6.99. The highest BCUT2D eigenvalue weighted by Crippen LogP contribution is 2.48. The van der Waals surface area contributed by atoms with E-state index >= 15 is 0 Å². The SMILES string of the molecule is CC(=O)N1CCC(C(=O)N2CCC(N3CC(OCC4CC4)C34CCCCC4)CC2)CC1. The van der Waals surface area contributed by atoms with E-state index in [1.54, 1.807) is 6.92 Å². The molecule has 5 rings (SSSR count). The highest BCUT2D eigenvalue weighted by molar-refractivity contribution is 5.79. The molecule has 6 heteroatoms. The second-order valence-corrected chi connectivity index (χ2v) is 10.9. The third-order valence-corrected chi connectivity index (χ3v) is 8.99. The van der Waals surface area contributed by atoms with Crippen molar-refractivity contribution in [3.05, 3.63) is 0 Å². The van der Waals surface area contributed by atoms with E-state index in [-0.39, 0.29) is 11.8 Å². The van der Waals surface area contributed by atoms with Crippen molar-refractivity contribution in [2.45, 2.75) is 95.2 Å². The van der Waals surface area contributed by atoms with Crippen LogP contribution in [0.2, 0.25) is 0 Å². The van der Waals surface area contributed by atoms with E-state index in [1.807, 2.05) is 4.90 Å². The number of hydrogen-bond donors (Lipinski definition) is 0. The van der Waals surface area contributed by atoms with Gasteiger partial charge in [0, 0.05) is 63.8 Å². The van der Waals surface area contributed by atoms with Crippen LogP contribution < -0.4 is 0 Å². The van der Waals surface area contributed by atoms with E-state index in [9.17, 15) is 9.59 Å². The molecule has 3 heterocycles. The predicted octanol–water partition coefficient (Wildman–Crippen LogP) is 3.05. The molecule has 2 amide bonds. The van der Waals surface area contributed by atoms with Crippen molar-refractivity contribution >= 4 is 11.8 Å². The zero-order valence-corrected chi connectivity index (χ0v) is 19.4. The molecule has 6 nitrogen and oxygen atoms in total. The van der Waals surface area contributed by atoms with Crippen LogP contribution in [0.15, 0.2) is 0 Å². The molecule has 3 aliphatic heterocycles. The first-order valence-corrected chi connectivity index (χ1v) is 13.0. The maximum atomic E-state index is 13.1. The fourth-order valence-corrected chi connectivity index (χ4v) is 6.73. The van der Waals surface area contributed by atoms with Gasteiger partial charge in [0.05, 0.1) is 6.10 Å². The van der Waals surface area contributed by atoms with Crippen molar-refractivity contribution in [2.75, 3.05) is 39.3 Å². The van der Waals surface area contributed by atoms with Gasteiger partial charge in [0.15, 0.2) is 0 Å². The highest BCUT2D eigenvalue weighted by Gasteiger charge is 2.56. The minimum Gasteiger partial charge on any atom is -0.375 e. The zero-order chi connectivity index (χ0) is 21.4. The maximum Gasteiger partial charge on any atom is 0.225 e. The number of likely N-dealkylation sites (tertiary alicyclic amines) is 3. The van der Waals surface area contributed by atoms with Gasteiger partial charge in [-0.3, -0.25) is 14.5 Å². The molecule has 0 N–H and O–H groups in total. The van der Waals surface area contributed by atoms with E-state index < -0.39 is 0 Å². The first-order chi connectivity index (χ1) is 15.1. The van der Waals surface area contributed by atoms with Gasteiger partial charge >= 0.3 is 0 Å². The molecule has 0 aromatic heterocycles. The van der Waals surface area contributed by atoms with Gasteiger partial charge in [0.2, 0.25) is 11.8 Å². The summed E-state index contributed by atoms with van der Waals surface area (Å²) < 4.78 is 6.45. The molecule has 2 aliphatic carbocycles. The summed E-state index contributed by atoms with van der Waals surface area (Å²) in [5, 5.41) is 0. The third kappa shape index (κ3) is 4.39. The Balaban J connectivity index is 1.13. The summed E-state index contributed by atoms with van der Waals surface area (Å²) in [7, 11) is 0. The lowest BCUT2D eigenvalue weighted by Crippen LogP contribution is -2.75. The van der Waals surface area contributed by atoms with Crippen molar-refractivity contribution in [2.24, 2.45) is 11.8 Å². The van der Waals surface area contributed by atoms with E-state index in [0.717, 1.165) is 70.9 Å². The molecule has 174 valence electrons. The second-order valence-electron chi connectivity index (χ2n) is 10.9. The predicted molar refractivity (Wildman–Crippen MR) is 120 cm³/mol. The summed E-state index contributed by atoms with van der Waals surface area (Å²) in [5.74, 6) is 1.42. The van der Waals surface area contributed by atoms with Crippen LogP contribution in [0.3, 0.4) is 0 Å². The number of amides is 2. The van der Waals surface area contributed by atoms with Crippen molar-refractivity contribution in [1.29, 1.82) is 0 Å². The molecule has 3 saturated heterocycles. The van der Waals surface area contributed by atoms with Crippen molar-refractivity contribution < 1.29 is 14.3 Å². The molecular weight excluding hydrogens is 390 g/mol. The molecule has 5 fully saturated rings. The van der Waals surface area contributed by atoms with Gasteiger partial charge in [-0.1, -0.05) is 19.3 Å². The minimum absolute atomic E-state index is 0.112. The van der Waals surface area contributed by atoms with E-state index in [1.165, 1.54) is 44.9 Å². The zero-order valence-electron chi connectivity index (χ0n) is 19.4. The van der Waals surface area contributed by atoms with Gasteiger partial charge in [-0.05, 0) is 57.3 Å². The van der Waals surface area contributed by atoms with Crippen molar-refractivity contribution in [3.8, 4) is 0 Å². The lowest BCUT2D eigenvalue weighted by Gasteiger charge is -2.63. The minimum atomic E-state index is 0.112. The number of carbonyl (C=O) groups is 2. The lowest BCUT2D eigenvalue weighted by atomic mass is 9.69. The van der Waals surface area contributed by atoms with Crippen LogP contribution in [0.5, 0.6) is 0 Å². The standard InChI is InChI=1S/C25H41N3O3/c1-19(29)26-13-7-21(8-14-26)24(30)27-15-9-22(10-16-27)28-17-23(31-18-20-5-6-20)25(28)11-3-2-4-12-25/h20-23H,2-18H2,1H3. The average Bonchev–Trinajstić information content (AvgIpc) is 3.63. The summed E-state index contributed by atoms with van der Waals surface area (Å²) in [6.07, 6.45) is 13.7. The molecule has 1 unspecified atom stereocenters. The Morgan fingerprint density at radius 2 is 1.52 bits per heavy atom. The topological polar surface area (TPSA) is 53.1 Å². The van der Waals surface area contributed by atoms with Gasteiger partial charge in [-0.15, -0.1) is 0 Å². The number of nitrogens with zero attached hydrogens (tertiary/aromatic N) is 3. The number of rotatable bonds is 5. The Kier molecular flexibility index (Phi) is 6.31. The van der Waals surface area contributed by atoms with Gasteiger partial charge < -0.3 is 14.5 Å². The Hall–Kier alpha value is -1.14. The Bertz CT molecular complexity index is 657. The Morgan fingerprint density at radius 3 is 2.13 bits per heavy atom. The summed E-state index contributed by atoms with van der Waals surface area (Å²) >= 11 is 0. The smallest absolute Gasteiger partial charge is 0.225 e. The largest absolute Gasteiger partial charge is 0.375 e. The van der Waals surface area contributed by atoms with Crippen LogP contribution in [0.25, 0.3) is 0 Å². The molecule has 2 saturated carbocycles. The third-order valence-electron chi connectivity index (χ3n) is 8.99. The van der Waals surface area contributed by atoms with Gasteiger partial charge in [-0.25, -0.2) is 0 Å². The van der Waals surface area contributed by atoms with Crippen LogP contribution in [0.4, 0.5) is 0 Å². The van der Waals surface area contributed by atoms with Crippen LogP contribution in [-0.4, -0.2) is 83.5 Å². The number of ether oxygens (including phenoxy) is 1. The number of carbonyl (C=O) groups excluding carboxylic acids is 2. The quantitative estimate of drug-likeness (QED) is 0.671. The van der Waals surface area contributed by atoms with Crippen LogP contribution >= 0.6 is 0 Å². The lowest BCUT2D eigenvalue weighted by molar-refractivity contribution is -0.203. The average molecular weight is 432 g/mol. The second kappa shape index (κ2) is 9.01. The molecule has 0 bridgehead atoms. The van der Waals surface area contributed by atoms with E-state index in [2.05, 4.69) is 9.80 Å². The molecule has 1 atom stereocenters.